The summed E-state index contributed by atoms with van der Waals surface area (Å²) in [4.78, 5) is 2.24. The van der Waals surface area contributed by atoms with E-state index < -0.39 is 6.10 Å². The van der Waals surface area contributed by atoms with E-state index in [4.69, 9.17) is 4.74 Å². The van der Waals surface area contributed by atoms with E-state index in [1.807, 2.05) is 39.0 Å². The standard InChI is InChI=1S/C18H29NO3/c1-13-6-4-7-14(2)18(13)22-12-17(21)11-19-9-5-8-16(10-19)15(3)20/h4,6-7,15-17,20-21H,5,8-12H2,1-3H3. The summed E-state index contributed by atoms with van der Waals surface area (Å²) in [6.07, 6.45) is 1.38. The van der Waals surface area contributed by atoms with Gasteiger partial charge in [0.2, 0.25) is 0 Å². The molecule has 0 bridgehead atoms. The van der Waals surface area contributed by atoms with Gasteiger partial charge in [-0.25, -0.2) is 0 Å². The molecule has 1 aromatic rings. The molecule has 3 unspecified atom stereocenters. The Labute approximate surface area is 133 Å². The summed E-state index contributed by atoms with van der Waals surface area (Å²) in [6.45, 7) is 8.66. The van der Waals surface area contributed by atoms with Crippen LogP contribution in [0, 0.1) is 19.8 Å². The van der Waals surface area contributed by atoms with Crippen LogP contribution in [0.5, 0.6) is 5.75 Å². The van der Waals surface area contributed by atoms with Gasteiger partial charge < -0.3 is 19.8 Å². The van der Waals surface area contributed by atoms with Crippen molar-refractivity contribution in [3.05, 3.63) is 29.3 Å². The molecule has 0 radical (unpaired) electrons. The number of rotatable bonds is 6. The number of para-hydroxylation sites is 1. The Morgan fingerprint density at radius 1 is 1.27 bits per heavy atom. The highest BCUT2D eigenvalue weighted by atomic mass is 16.5. The normalized spacial score (nSPS) is 22.3. The molecule has 1 fully saturated rings. The summed E-state index contributed by atoms with van der Waals surface area (Å²) < 4.78 is 5.82. The van der Waals surface area contributed by atoms with Crippen molar-refractivity contribution in [3.8, 4) is 5.75 Å². The van der Waals surface area contributed by atoms with E-state index in [2.05, 4.69) is 4.90 Å². The lowest BCUT2D eigenvalue weighted by Crippen LogP contribution is -2.44. The van der Waals surface area contributed by atoms with E-state index in [1.54, 1.807) is 0 Å². The smallest absolute Gasteiger partial charge is 0.125 e. The van der Waals surface area contributed by atoms with Crippen LogP contribution < -0.4 is 4.74 Å². The fourth-order valence-electron chi connectivity index (χ4n) is 3.21. The van der Waals surface area contributed by atoms with Gasteiger partial charge in [-0.1, -0.05) is 18.2 Å². The third kappa shape index (κ3) is 4.70. The third-order valence-electron chi connectivity index (χ3n) is 4.52. The zero-order valence-corrected chi connectivity index (χ0v) is 14.0. The predicted octanol–water partition coefficient (Wildman–Crippen LogP) is 2.14. The summed E-state index contributed by atoms with van der Waals surface area (Å²) in [5, 5.41) is 20.0. The van der Waals surface area contributed by atoms with Gasteiger partial charge in [0.25, 0.3) is 0 Å². The monoisotopic (exact) mass is 307 g/mol. The number of aryl methyl sites for hydroxylation is 2. The first kappa shape index (κ1) is 17.3. The Bertz CT molecular complexity index is 455. The molecule has 22 heavy (non-hydrogen) atoms. The lowest BCUT2D eigenvalue weighted by atomic mass is 9.93. The fraction of sp³-hybridized carbons (Fsp3) is 0.667. The van der Waals surface area contributed by atoms with Crippen LogP contribution in [0.1, 0.15) is 30.9 Å². The van der Waals surface area contributed by atoms with E-state index in [1.165, 1.54) is 0 Å². The second-order valence-corrected chi connectivity index (χ2v) is 6.59. The number of nitrogens with zero attached hydrogens (tertiary/aromatic N) is 1. The third-order valence-corrected chi connectivity index (χ3v) is 4.52. The Morgan fingerprint density at radius 3 is 2.59 bits per heavy atom. The van der Waals surface area contributed by atoms with Crippen LogP contribution in [0.4, 0.5) is 0 Å². The second kappa shape index (κ2) is 7.95. The van der Waals surface area contributed by atoms with Crippen molar-refractivity contribution < 1.29 is 14.9 Å². The van der Waals surface area contributed by atoms with Gasteiger partial charge in [0.15, 0.2) is 0 Å². The largest absolute Gasteiger partial charge is 0.490 e. The molecule has 4 nitrogen and oxygen atoms in total. The molecule has 0 spiro atoms. The lowest BCUT2D eigenvalue weighted by molar-refractivity contribution is 0.0242. The Kier molecular flexibility index (Phi) is 6.24. The van der Waals surface area contributed by atoms with E-state index in [0.717, 1.165) is 42.8 Å². The van der Waals surface area contributed by atoms with E-state index in [9.17, 15) is 10.2 Å². The number of piperidine rings is 1. The van der Waals surface area contributed by atoms with Crippen LogP contribution in [0.15, 0.2) is 18.2 Å². The van der Waals surface area contributed by atoms with Crippen molar-refractivity contribution in [2.75, 3.05) is 26.2 Å². The Balaban J connectivity index is 1.81. The van der Waals surface area contributed by atoms with Gasteiger partial charge in [0, 0.05) is 13.1 Å². The van der Waals surface area contributed by atoms with Crippen LogP contribution in [-0.4, -0.2) is 53.6 Å². The molecule has 2 N–H and O–H groups in total. The zero-order valence-electron chi connectivity index (χ0n) is 14.0. The highest BCUT2D eigenvalue weighted by molar-refractivity contribution is 5.39. The van der Waals surface area contributed by atoms with Gasteiger partial charge >= 0.3 is 0 Å². The molecule has 0 amide bonds. The highest BCUT2D eigenvalue weighted by Gasteiger charge is 2.24. The quantitative estimate of drug-likeness (QED) is 0.845. The van der Waals surface area contributed by atoms with Gasteiger partial charge in [-0.15, -0.1) is 0 Å². The first-order valence-electron chi connectivity index (χ1n) is 8.25. The van der Waals surface area contributed by atoms with Crippen LogP contribution in [0.3, 0.4) is 0 Å². The topological polar surface area (TPSA) is 52.9 Å². The van der Waals surface area contributed by atoms with Crippen LogP contribution in [0.25, 0.3) is 0 Å². The van der Waals surface area contributed by atoms with Crippen LogP contribution in [0.2, 0.25) is 0 Å². The number of aliphatic hydroxyl groups is 2. The molecule has 4 heteroatoms. The average molecular weight is 307 g/mol. The molecule has 1 aliphatic rings. The maximum absolute atomic E-state index is 10.2. The number of benzene rings is 1. The highest BCUT2D eigenvalue weighted by Crippen LogP contribution is 2.23. The van der Waals surface area contributed by atoms with Crippen LogP contribution in [-0.2, 0) is 0 Å². The molecular weight excluding hydrogens is 278 g/mol. The van der Waals surface area contributed by atoms with Gasteiger partial charge in [0.05, 0.1) is 6.10 Å². The molecule has 1 aromatic carbocycles. The fourth-order valence-corrected chi connectivity index (χ4v) is 3.21. The molecule has 124 valence electrons. The summed E-state index contributed by atoms with van der Waals surface area (Å²) in [5.41, 5.74) is 2.19. The van der Waals surface area contributed by atoms with Gasteiger partial charge in [-0.3, -0.25) is 0 Å². The minimum absolute atomic E-state index is 0.272. The molecule has 0 saturated carbocycles. The molecule has 1 heterocycles. The number of hydrogen-bond acceptors (Lipinski definition) is 4. The first-order valence-corrected chi connectivity index (χ1v) is 8.25. The van der Waals surface area contributed by atoms with Crippen molar-refractivity contribution in [3.63, 3.8) is 0 Å². The van der Waals surface area contributed by atoms with E-state index in [0.29, 0.717) is 19.1 Å². The molecule has 3 atom stereocenters. The second-order valence-electron chi connectivity index (χ2n) is 6.59. The lowest BCUT2D eigenvalue weighted by Gasteiger charge is -2.35. The molecule has 0 aromatic heterocycles. The molecule has 0 aliphatic carbocycles. The van der Waals surface area contributed by atoms with E-state index in [-0.39, 0.29) is 6.10 Å². The van der Waals surface area contributed by atoms with Crippen molar-refractivity contribution in [1.82, 2.24) is 4.90 Å². The van der Waals surface area contributed by atoms with E-state index >= 15 is 0 Å². The Hall–Kier alpha value is -1.10. The minimum atomic E-state index is -0.508. The Morgan fingerprint density at radius 2 is 1.95 bits per heavy atom. The molecular formula is C18H29NO3. The van der Waals surface area contributed by atoms with Gasteiger partial charge in [-0.2, -0.15) is 0 Å². The summed E-state index contributed by atoms with van der Waals surface area (Å²) in [5.74, 6) is 1.20. The molecule has 2 rings (SSSR count). The number of β-amino-alcohol motifs (C(OH)–C–C–N with tert-alkyl or cyclic N) is 1. The first-order chi connectivity index (χ1) is 10.5. The number of hydrogen-bond donors (Lipinski definition) is 2. The summed E-state index contributed by atoms with van der Waals surface area (Å²) in [6, 6.07) is 6.05. The molecule has 1 saturated heterocycles. The number of aliphatic hydroxyl groups excluding tert-OH is 2. The van der Waals surface area contributed by atoms with Crippen LogP contribution >= 0.6 is 0 Å². The van der Waals surface area contributed by atoms with Crippen molar-refractivity contribution in [1.29, 1.82) is 0 Å². The SMILES string of the molecule is Cc1cccc(C)c1OCC(O)CN1CCCC(C(C)O)C1. The maximum Gasteiger partial charge on any atom is 0.125 e. The van der Waals surface area contributed by atoms with Gasteiger partial charge in [-0.05, 0) is 57.2 Å². The maximum atomic E-state index is 10.2. The van der Waals surface area contributed by atoms with Crippen molar-refractivity contribution in [2.45, 2.75) is 45.8 Å². The van der Waals surface area contributed by atoms with Crippen molar-refractivity contribution >= 4 is 0 Å². The zero-order chi connectivity index (χ0) is 16.1. The summed E-state index contributed by atoms with van der Waals surface area (Å²) in [7, 11) is 0. The van der Waals surface area contributed by atoms with Gasteiger partial charge in [0.1, 0.15) is 18.5 Å². The summed E-state index contributed by atoms with van der Waals surface area (Å²) >= 11 is 0. The average Bonchev–Trinajstić information content (AvgIpc) is 2.47. The number of likely N-dealkylation sites (tertiary alicyclic amines) is 1. The predicted molar refractivity (Wildman–Crippen MR) is 88.3 cm³/mol. The number of ether oxygens (including phenoxy) is 1. The van der Waals surface area contributed by atoms with Crippen molar-refractivity contribution in [2.24, 2.45) is 5.92 Å². The molecule has 1 aliphatic heterocycles. The minimum Gasteiger partial charge on any atom is -0.490 e.